The van der Waals surface area contributed by atoms with E-state index >= 15 is 0 Å². The van der Waals surface area contributed by atoms with E-state index in [0.29, 0.717) is 17.0 Å². The van der Waals surface area contributed by atoms with E-state index in [4.69, 9.17) is 9.52 Å². The SMILES string of the molecule is Cc1cc(-c2nc3cc(C(=O)O)ccc3o2)ccn1. The average Bonchev–Trinajstić information content (AvgIpc) is 2.81. The molecule has 1 aromatic carbocycles. The average molecular weight is 254 g/mol. The minimum absolute atomic E-state index is 0.193. The molecule has 0 bridgehead atoms. The molecule has 0 aliphatic heterocycles. The van der Waals surface area contributed by atoms with Crippen molar-refractivity contribution in [1.82, 2.24) is 9.97 Å². The van der Waals surface area contributed by atoms with Gasteiger partial charge in [0.05, 0.1) is 5.56 Å². The molecule has 0 fully saturated rings. The normalized spacial score (nSPS) is 10.8. The first-order valence-corrected chi connectivity index (χ1v) is 5.70. The van der Waals surface area contributed by atoms with E-state index < -0.39 is 5.97 Å². The van der Waals surface area contributed by atoms with Crippen molar-refractivity contribution in [1.29, 1.82) is 0 Å². The fourth-order valence-electron chi connectivity index (χ4n) is 1.86. The van der Waals surface area contributed by atoms with Crippen molar-refractivity contribution in [3.63, 3.8) is 0 Å². The molecule has 0 aliphatic rings. The number of carboxylic acids is 1. The van der Waals surface area contributed by atoms with E-state index in [1.54, 1.807) is 18.3 Å². The van der Waals surface area contributed by atoms with Gasteiger partial charge < -0.3 is 9.52 Å². The van der Waals surface area contributed by atoms with Gasteiger partial charge in [0.2, 0.25) is 5.89 Å². The predicted octanol–water partition coefficient (Wildman–Crippen LogP) is 2.90. The van der Waals surface area contributed by atoms with Crippen LogP contribution in [0.3, 0.4) is 0 Å². The summed E-state index contributed by atoms with van der Waals surface area (Å²) in [4.78, 5) is 19.3. The molecule has 0 radical (unpaired) electrons. The van der Waals surface area contributed by atoms with Crippen molar-refractivity contribution < 1.29 is 14.3 Å². The highest BCUT2D eigenvalue weighted by Crippen LogP contribution is 2.24. The number of aromatic nitrogens is 2. The number of rotatable bonds is 2. The fraction of sp³-hybridized carbons (Fsp3) is 0.0714. The van der Waals surface area contributed by atoms with E-state index in [1.807, 2.05) is 13.0 Å². The third-order valence-electron chi connectivity index (χ3n) is 2.78. The number of carboxylic acid groups (broad SMARTS) is 1. The second kappa shape index (κ2) is 4.20. The Hall–Kier alpha value is -2.69. The smallest absolute Gasteiger partial charge is 0.335 e. The Labute approximate surface area is 108 Å². The Bertz CT molecular complexity index is 777. The molecule has 0 saturated carbocycles. The number of aryl methyl sites for hydroxylation is 1. The van der Waals surface area contributed by atoms with E-state index in [2.05, 4.69) is 9.97 Å². The Kier molecular flexibility index (Phi) is 2.52. The molecule has 0 atom stereocenters. The molecule has 0 unspecified atom stereocenters. The van der Waals surface area contributed by atoms with E-state index in [1.165, 1.54) is 12.1 Å². The van der Waals surface area contributed by atoms with Crippen LogP contribution in [-0.4, -0.2) is 21.0 Å². The van der Waals surface area contributed by atoms with Gasteiger partial charge in [-0.15, -0.1) is 0 Å². The molecule has 0 aliphatic carbocycles. The van der Waals surface area contributed by atoms with Crippen LogP contribution in [0.15, 0.2) is 40.9 Å². The summed E-state index contributed by atoms with van der Waals surface area (Å²) in [6.45, 7) is 1.88. The quantitative estimate of drug-likeness (QED) is 0.760. The van der Waals surface area contributed by atoms with Crippen molar-refractivity contribution in [3.05, 3.63) is 47.8 Å². The number of fused-ring (bicyclic) bond motifs is 1. The highest BCUT2D eigenvalue weighted by Gasteiger charge is 2.11. The first-order valence-electron chi connectivity index (χ1n) is 5.70. The monoisotopic (exact) mass is 254 g/mol. The van der Waals surface area contributed by atoms with Crippen molar-refractivity contribution in [2.45, 2.75) is 6.92 Å². The lowest BCUT2D eigenvalue weighted by Crippen LogP contribution is -1.94. The summed E-state index contributed by atoms with van der Waals surface area (Å²) in [6.07, 6.45) is 1.68. The Morgan fingerprint density at radius 3 is 2.84 bits per heavy atom. The molecule has 3 aromatic rings. The number of benzene rings is 1. The lowest BCUT2D eigenvalue weighted by atomic mass is 10.2. The van der Waals surface area contributed by atoms with Crippen LogP contribution < -0.4 is 0 Å². The molecule has 3 rings (SSSR count). The van der Waals surface area contributed by atoms with Gasteiger partial charge in [0, 0.05) is 17.5 Å². The standard InChI is InChI=1S/C14H10N2O3/c1-8-6-9(4-5-15-8)13-16-11-7-10(14(17)18)2-3-12(11)19-13/h2-7H,1H3,(H,17,18). The van der Waals surface area contributed by atoms with Crippen LogP contribution in [0.1, 0.15) is 16.1 Å². The molecule has 2 aromatic heterocycles. The molecule has 2 heterocycles. The number of nitrogens with zero attached hydrogens (tertiary/aromatic N) is 2. The summed E-state index contributed by atoms with van der Waals surface area (Å²) in [7, 11) is 0. The molecule has 94 valence electrons. The van der Waals surface area contributed by atoms with Crippen LogP contribution >= 0.6 is 0 Å². The molecule has 5 nitrogen and oxygen atoms in total. The molecule has 19 heavy (non-hydrogen) atoms. The summed E-state index contributed by atoms with van der Waals surface area (Å²) in [6, 6.07) is 8.28. The molecule has 5 heteroatoms. The first kappa shape index (κ1) is 11.4. The summed E-state index contributed by atoms with van der Waals surface area (Å²) < 4.78 is 5.61. The van der Waals surface area contributed by atoms with Crippen molar-refractivity contribution in [2.24, 2.45) is 0 Å². The fourth-order valence-corrected chi connectivity index (χ4v) is 1.86. The maximum absolute atomic E-state index is 10.9. The van der Waals surface area contributed by atoms with Gasteiger partial charge in [-0.25, -0.2) is 9.78 Å². The van der Waals surface area contributed by atoms with E-state index in [0.717, 1.165) is 11.3 Å². The molecular weight excluding hydrogens is 244 g/mol. The zero-order valence-corrected chi connectivity index (χ0v) is 10.1. The Morgan fingerprint density at radius 1 is 1.26 bits per heavy atom. The zero-order valence-electron chi connectivity index (χ0n) is 10.1. The number of aromatic carboxylic acids is 1. The maximum atomic E-state index is 10.9. The lowest BCUT2D eigenvalue weighted by Gasteiger charge is -1.95. The van der Waals surface area contributed by atoms with Gasteiger partial charge in [0.1, 0.15) is 5.52 Å². The molecule has 0 saturated heterocycles. The predicted molar refractivity (Wildman–Crippen MR) is 68.9 cm³/mol. The minimum atomic E-state index is -0.980. The van der Waals surface area contributed by atoms with E-state index in [-0.39, 0.29) is 5.56 Å². The summed E-state index contributed by atoms with van der Waals surface area (Å²) in [5.41, 5.74) is 2.98. The topological polar surface area (TPSA) is 76.2 Å². The third kappa shape index (κ3) is 2.06. The number of hydrogen-bond donors (Lipinski definition) is 1. The van der Waals surface area contributed by atoms with Gasteiger partial charge in [-0.1, -0.05) is 0 Å². The van der Waals surface area contributed by atoms with E-state index in [9.17, 15) is 4.79 Å². The second-order valence-electron chi connectivity index (χ2n) is 4.19. The Balaban J connectivity index is 2.14. The van der Waals surface area contributed by atoms with Crippen LogP contribution in [0.4, 0.5) is 0 Å². The van der Waals surface area contributed by atoms with Gasteiger partial charge in [-0.05, 0) is 37.3 Å². The van der Waals surface area contributed by atoms with Crippen molar-refractivity contribution in [2.75, 3.05) is 0 Å². The maximum Gasteiger partial charge on any atom is 0.335 e. The highest BCUT2D eigenvalue weighted by atomic mass is 16.4. The third-order valence-corrected chi connectivity index (χ3v) is 2.78. The number of pyridine rings is 1. The largest absolute Gasteiger partial charge is 0.478 e. The highest BCUT2D eigenvalue weighted by molar-refractivity contribution is 5.92. The lowest BCUT2D eigenvalue weighted by molar-refractivity contribution is 0.0697. The molecule has 0 spiro atoms. The van der Waals surface area contributed by atoms with Crippen molar-refractivity contribution in [3.8, 4) is 11.5 Å². The molecular formula is C14H10N2O3. The van der Waals surface area contributed by atoms with Crippen LogP contribution in [0.25, 0.3) is 22.6 Å². The van der Waals surface area contributed by atoms with Gasteiger partial charge in [0.25, 0.3) is 0 Å². The molecule has 1 N–H and O–H groups in total. The number of carbonyl (C=O) groups is 1. The number of hydrogen-bond acceptors (Lipinski definition) is 4. The van der Waals surface area contributed by atoms with Gasteiger partial charge >= 0.3 is 5.97 Å². The Morgan fingerprint density at radius 2 is 2.11 bits per heavy atom. The minimum Gasteiger partial charge on any atom is -0.478 e. The van der Waals surface area contributed by atoms with Crippen LogP contribution in [0.5, 0.6) is 0 Å². The summed E-state index contributed by atoms with van der Waals surface area (Å²) >= 11 is 0. The van der Waals surface area contributed by atoms with Crippen molar-refractivity contribution >= 4 is 17.1 Å². The van der Waals surface area contributed by atoms with Gasteiger partial charge in [0.15, 0.2) is 5.58 Å². The summed E-state index contributed by atoms with van der Waals surface area (Å²) in [5.74, 6) is -0.519. The number of oxazole rings is 1. The van der Waals surface area contributed by atoms with Gasteiger partial charge in [-0.3, -0.25) is 4.98 Å². The second-order valence-corrected chi connectivity index (χ2v) is 4.19. The van der Waals surface area contributed by atoms with Crippen LogP contribution in [0.2, 0.25) is 0 Å². The first-order chi connectivity index (χ1) is 9.13. The molecule has 0 amide bonds. The van der Waals surface area contributed by atoms with Crippen LogP contribution in [-0.2, 0) is 0 Å². The zero-order chi connectivity index (χ0) is 13.4. The van der Waals surface area contributed by atoms with Gasteiger partial charge in [-0.2, -0.15) is 0 Å². The summed E-state index contributed by atoms with van der Waals surface area (Å²) in [5, 5.41) is 8.94. The van der Waals surface area contributed by atoms with Crippen LogP contribution in [0, 0.1) is 6.92 Å².